The summed E-state index contributed by atoms with van der Waals surface area (Å²) in [4.78, 5) is 0. The maximum absolute atomic E-state index is 6.29. The zero-order valence-electron chi connectivity index (χ0n) is 19.7. The van der Waals surface area contributed by atoms with E-state index < -0.39 is 0 Å². The van der Waals surface area contributed by atoms with E-state index in [1.165, 1.54) is 44.1 Å². The fraction of sp³-hybridized carbons (Fsp3) is 0.0909. The van der Waals surface area contributed by atoms with Crippen LogP contribution in [0.5, 0.6) is 0 Å². The Morgan fingerprint density at radius 3 is 2.23 bits per heavy atom. The summed E-state index contributed by atoms with van der Waals surface area (Å²) in [5.74, 6) is 0. The van der Waals surface area contributed by atoms with Crippen LogP contribution in [0.1, 0.15) is 25.0 Å². The van der Waals surface area contributed by atoms with E-state index in [4.69, 9.17) is 4.42 Å². The molecule has 0 saturated carbocycles. The SMILES string of the molecule is CC1(C)c2ccccc2-c2ccc3c4ccccc4n(-c4ccc5c(c4)oc4ccccc45)c3c21. The second-order valence-electron chi connectivity index (χ2n) is 10.2. The summed E-state index contributed by atoms with van der Waals surface area (Å²) in [6.45, 7) is 4.73. The Balaban J connectivity index is 1.53. The van der Waals surface area contributed by atoms with Gasteiger partial charge in [0.25, 0.3) is 0 Å². The van der Waals surface area contributed by atoms with Crippen LogP contribution in [0.3, 0.4) is 0 Å². The second kappa shape index (κ2) is 6.43. The first-order valence-electron chi connectivity index (χ1n) is 12.2. The number of fused-ring (bicyclic) bond motifs is 10. The second-order valence-corrected chi connectivity index (χ2v) is 10.2. The summed E-state index contributed by atoms with van der Waals surface area (Å²) < 4.78 is 8.73. The van der Waals surface area contributed by atoms with Crippen molar-refractivity contribution < 1.29 is 4.42 Å². The molecule has 7 aromatic rings. The fourth-order valence-corrected chi connectivity index (χ4v) is 6.43. The molecule has 0 atom stereocenters. The monoisotopic (exact) mass is 449 g/mol. The van der Waals surface area contributed by atoms with Crippen molar-refractivity contribution in [2.24, 2.45) is 0 Å². The highest BCUT2D eigenvalue weighted by Gasteiger charge is 2.38. The number of aromatic nitrogens is 1. The summed E-state index contributed by atoms with van der Waals surface area (Å²) in [6.07, 6.45) is 0. The maximum atomic E-state index is 6.29. The number of hydrogen-bond donors (Lipinski definition) is 0. The third-order valence-electron chi connectivity index (χ3n) is 7.97. The molecule has 1 aliphatic carbocycles. The lowest BCUT2D eigenvalue weighted by molar-refractivity contribution is 0.663. The molecule has 5 aromatic carbocycles. The summed E-state index contributed by atoms with van der Waals surface area (Å²) in [5.41, 5.74) is 10.9. The summed E-state index contributed by atoms with van der Waals surface area (Å²) in [5, 5.41) is 4.89. The lowest BCUT2D eigenvalue weighted by atomic mass is 9.81. The molecule has 0 spiro atoms. The average molecular weight is 450 g/mol. The highest BCUT2D eigenvalue weighted by Crippen LogP contribution is 2.52. The zero-order valence-corrected chi connectivity index (χ0v) is 19.7. The standard InChI is InChI=1S/C33H23NO/c1-33(2)27-12-6-3-9-21(27)25-17-18-26-22-10-4-7-13-28(22)34(32(26)31(25)33)20-15-16-24-23-11-5-8-14-29(23)35-30(24)19-20/h3-19H,1-2H3. The van der Waals surface area contributed by atoms with Crippen molar-refractivity contribution in [3.05, 3.63) is 114 Å². The average Bonchev–Trinajstić information content (AvgIpc) is 3.50. The Bertz CT molecular complexity index is 1980. The van der Waals surface area contributed by atoms with Crippen LogP contribution in [0.4, 0.5) is 0 Å². The lowest BCUT2D eigenvalue weighted by Gasteiger charge is -2.23. The summed E-state index contributed by atoms with van der Waals surface area (Å²) in [6, 6.07) is 37.2. The van der Waals surface area contributed by atoms with E-state index >= 15 is 0 Å². The number of rotatable bonds is 1. The third-order valence-corrected chi connectivity index (χ3v) is 7.97. The first-order valence-corrected chi connectivity index (χ1v) is 12.2. The Labute approximate surface area is 203 Å². The molecule has 0 bridgehead atoms. The van der Waals surface area contributed by atoms with Gasteiger partial charge in [0.05, 0.1) is 11.0 Å². The Morgan fingerprint density at radius 1 is 0.600 bits per heavy atom. The predicted molar refractivity (Wildman–Crippen MR) is 146 cm³/mol. The van der Waals surface area contributed by atoms with Crippen LogP contribution in [-0.4, -0.2) is 4.57 Å². The smallest absolute Gasteiger partial charge is 0.137 e. The van der Waals surface area contributed by atoms with Crippen molar-refractivity contribution in [1.82, 2.24) is 4.57 Å². The highest BCUT2D eigenvalue weighted by molar-refractivity contribution is 6.13. The third kappa shape index (κ3) is 2.34. The topological polar surface area (TPSA) is 18.1 Å². The van der Waals surface area contributed by atoms with Crippen LogP contribution in [0.25, 0.3) is 60.6 Å². The molecule has 0 fully saturated rings. The molecule has 0 saturated heterocycles. The molecule has 35 heavy (non-hydrogen) atoms. The van der Waals surface area contributed by atoms with Crippen LogP contribution in [0.15, 0.2) is 108 Å². The van der Waals surface area contributed by atoms with Gasteiger partial charge < -0.3 is 8.98 Å². The van der Waals surface area contributed by atoms with Crippen LogP contribution in [0.2, 0.25) is 0 Å². The fourth-order valence-electron chi connectivity index (χ4n) is 6.43. The van der Waals surface area contributed by atoms with Crippen molar-refractivity contribution in [2.45, 2.75) is 19.3 Å². The van der Waals surface area contributed by atoms with Gasteiger partial charge in [-0.3, -0.25) is 0 Å². The molecule has 0 amide bonds. The molecular weight excluding hydrogens is 426 g/mol. The molecule has 2 nitrogen and oxygen atoms in total. The minimum atomic E-state index is -0.0962. The van der Waals surface area contributed by atoms with Gasteiger partial charge >= 0.3 is 0 Å². The maximum Gasteiger partial charge on any atom is 0.137 e. The van der Waals surface area contributed by atoms with Crippen molar-refractivity contribution in [3.8, 4) is 16.8 Å². The molecular formula is C33H23NO. The van der Waals surface area contributed by atoms with Crippen molar-refractivity contribution >= 4 is 43.7 Å². The number of nitrogens with zero attached hydrogens (tertiary/aromatic N) is 1. The molecule has 0 aliphatic heterocycles. The van der Waals surface area contributed by atoms with Crippen molar-refractivity contribution in [2.75, 3.05) is 0 Å². The van der Waals surface area contributed by atoms with E-state index in [0.29, 0.717) is 0 Å². The number of para-hydroxylation sites is 2. The molecule has 1 aliphatic rings. The van der Waals surface area contributed by atoms with Gasteiger partial charge in [-0.1, -0.05) is 86.6 Å². The van der Waals surface area contributed by atoms with Gasteiger partial charge in [-0.15, -0.1) is 0 Å². The molecule has 0 unspecified atom stereocenters. The van der Waals surface area contributed by atoms with E-state index in [0.717, 1.165) is 27.6 Å². The minimum Gasteiger partial charge on any atom is -0.456 e. The molecule has 2 heteroatoms. The summed E-state index contributed by atoms with van der Waals surface area (Å²) >= 11 is 0. The lowest BCUT2D eigenvalue weighted by Crippen LogP contribution is -2.16. The largest absolute Gasteiger partial charge is 0.456 e. The van der Waals surface area contributed by atoms with Crippen molar-refractivity contribution in [1.29, 1.82) is 0 Å². The summed E-state index contributed by atoms with van der Waals surface area (Å²) in [7, 11) is 0. The molecule has 2 aromatic heterocycles. The molecule has 0 radical (unpaired) electrons. The molecule has 8 rings (SSSR count). The van der Waals surface area contributed by atoms with Crippen LogP contribution < -0.4 is 0 Å². The van der Waals surface area contributed by atoms with Crippen LogP contribution in [-0.2, 0) is 5.41 Å². The van der Waals surface area contributed by atoms with E-state index in [2.05, 4.69) is 109 Å². The van der Waals surface area contributed by atoms with Gasteiger partial charge in [0.2, 0.25) is 0 Å². The molecule has 0 N–H and O–H groups in total. The first kappa shape index (κ1) is 19.1. The van der Waals surface area contributed by atoms with Crippen LogP contribution in [0, 0.1) is 0 Å². The Hall–Kier alpha value is -4.30. The number of benzene rings is 5. The number of hydrogen-bond acceptors (Lipinski definition) is 1. The van der Waals surface area contributed by atoms with Gasteiger partial charge in [-0.2, -0.15) is 0 Å². The minimum absolute atomic E-state index is 0.0962. The van der Waals surface area contributed by atoms with Gasteiger partial charge in [0.1, 0.15) is 11.2 Å². The van der Waals surface area contributed by atoms with E-state index in [1.54, 1.807) is 0 Å². The number of furan rings is 1. The van der Waals surface area contributed by atoms with Gasteiger partial charge in [0, 0.05) is 38.7 Å². The predicted octanol–water partition coefficient (Wildman–Crippen LogP) is 8.99. The van der Waals surface area contributed by atoms with Crippen molar-refractivity contribution in [3.63, 3.8) is 0 Å². The van der Waals surface area contributed by atoms with E-state index in [-0.39, 0.29) is 5.41 Å². The van der Waals surface area contributed by atoms with Gasteiger partial charge in [-0.05, 0) is 46.5 Å². The zero-order chi connectivity index (χ0) is 23.3. The Morgan fingerprint density at radius 2 is 1.31 bits per heavy atom. The first-order chi connectivity index (χ1) is 17.1. The Kier molecular flexibility index (Phi) is 3.50. The molecule has 2 heterocycles. The van der Waals surface area contributed by atoms with Gasteiger partial charge in [0.15, 0.2) is 0 Å². The normalized spacial score (nSPS) is 14.2. The quantitative estimate of drug-likeness (QED) is 0.244. The van der Waals surface area contributed by atoms with Crippen LogP contribution >= 0.6 is 0 Å². The van der Waals surface area contributed by atoms with Gasteiger partial charge in [-0.25, -0.2) is 0 Å². The van der Waals surface area contributed by atoms with E-state index in [9.17, 15) is 0 Å². The van der Waals surface area contributed by atoms with E-state index in [1.807, 2.05) is 12.1 Å². The molecule has 166 valence electrons. The highest BCUT2D eigenvalue weighted by atomic mass is 16.3.